The summed E-state index contributed by atoms with van der Waals surface area (Å²) >= 11 is 0. The third-order valence-electron chi connectivity index (χ3n) is 4.23. The summed E-state index contributed by atoms with van der Waals surface area (Å²) in [5.74, 6) is -0.209. The van der Waals surface area contributed by atoms with E-state index in [9.17, 15) is 9.18 Å². The van der Waals surface area contributed by atoms with Gasteiger partial charge in [0.2, 0.25) is 0 Å². The molecule has 1 aliphatic rings. The van der Waals surface area contributed by atoms with E-state index < -0.39 is 6.09 Å². The molecular weight excluding hydrogens is 321 g/mol. The normalized spacial score (nSPS) is 14.3. The molecule has 1 aliphatic heterocycles. The highest BCUT2D eigenvalue weighted by molar-refractivity contribution is 5.84. The minimum atomic E-state index is -0.442. The van der Waals surface area contributed by atoms with Crippen molar-refractivity contribution in [2.24, 2.45) is 0 Å². The summed E-state index contributed by atoms with van der Waals surface area (Å²) in [6.45, 7) is 5.67. The highest BCUT2D eigenvalue weighted by Crippen LogP contribution is 2.22. The van der Waals surface area contributed by atoms with Gasteiger partial charge in [-0.3, -0.25) is 5.32 Å². The number of halogens is 1. The molecule has 0 radical (unpaired) electrons. The fraction of sp³-hybridized carbons (Fsp3) is 0.316. The zero-order chi connectivity index (χ0) is 17.6. The lowest BCUT2D eigenvalue weighted by Crippen LogP contribution is -2.46. The van der Waals surface area contributed by atoms with Gasteiger partial charge in [0.25, 0.3) is 0 Å². The van der Waals surface area contributed by atoms with Crippen molar-refractivity contribution >= 4 is 23.2 Å². The number of amides is 1. The van der Waals surface area contributed by atoms with Crippen LogP contribution in [0.25, 0.3) is 0 Å². The van der Waals surface area contributed by atoms with E-state index in [4.69, 9.17) is 4.74 Å². The van der Waals surface area contributed by atoms with Crippen LogP contribution in [-0.4, -0.2) is 38.9 Å². The van der Waals surface area contributed by atoms with Crippen molar-refractivity contribution in [3.05, 3.63) is 54.3 Å². The van der Waals surface area contributed by atoms with E-state index in [0.29, 0.717) is 12.3 Å². The van der Waals surface area contributed by atoms with E-state index in [1.165, 1.54) is 12.1 Å². The predicted molar refractivity (Wildman–Crippen MR) is 97.9 cm³/mol. The number of hydrogen-bond acceptors (Lipinski definition) is 4. The van der Waals surface area contributed by atoms with Crippen LogP contribution in [0.1, 0.15) is 6.92 Å². The maximum atomic E-state index is 13.0. The number of nitrogens with zero attached hydrogens (tertiary/aromatic N) is 2. The Bertz CT molecular complexity index is 696. The number of benzene rings is 2. The van der Waals surface area contributed by atoms with E-state index in [-0.39, 0.29) is 5.82 Å². The van der Waals surface area contributed by atoms with Gasteiger partial charge < -0.3 is 14.5 Å². The number of hydrogen-bond donors (Lipinski definition) is 1. The lowest BCUT2D eigenvalue weighted by Gasteiger charge is -2.37. The Morgan fingerprint density at radius 2 is 1.44 bits per heavy atom. The molecule has 1 fully saturated rings. The summed E-state index contributed by atoms with van der Waals surface area (Å²) in [6.07, 6.45) is -0.442. The maximum absolute atomic E-state index is 13.0. The first-order chi connectivity index (χ1) is 12.2. The molecule has 2 aromatic rings. The van der Waals surface area contributed by atoms with Crippen LogP contribution in [0.3, 0.4) is 0 Å². The van der Waals surface area contributed by atoms with Gasteiger partial charge in [0.15, 0.2) is 0 Å². The molecule has 0 atom stereocenters. The molecule has 0 unspecified atom stereocenters. The first-order valence-electron chi connectivity index (χ1n) is 8.45. The van der Waals surface area contributed by atoms with Gasteiger partial charge in [-0.25, -0.2) is 9.18 Å². The topological polar surface area (TPSA) is 44.8 Å². The van der Waals surface area contributed by atoms with E-state index in [2.05, 4.69) is 15.1 Å². The van der Waals surface area contributed by atoms with E-state index in [1.807, 2.05) is 36.4 Å². The molecule has 1 saturated heterocycles. The van der Waals surface area contributed by atoms with Crippen molar-refractivity contribution in [3.8, 4) is 0 Å². The Kier molecular flexibility index (Phi) is 5.38. The van der Waals surface area contributed by atoms with Gasteiger partial charge in [0, 0.05) is 43.2 Å². The second kappa shape index (κ2) is 7.88. The van der Waals surface area contributed by atoms with Crippen LogP contribution in [0.2, 0.25) is 0 Å². The first-order valence-corrected chi connectivity index (χ1v) is 8.45. The Labute approximate surface area is 147 Å². The lowest BCUT2D eigenvalue weighted by molar-refractivity contribution is 0.168. The molecule has 132 valence electrons. The van der Waals surface area contributed by atoms with E-state index >= 15 is 0 Å². The van der Waals surface area contributed by atoms with Crippen LogP contribution in [0, 0.1) is 5.82 Å². The SMILES string of the molecule is CCOC(=O)Nc1ccc(N2CCN(c3ccc(F)cc3)CC2)cc1. The van der Waals surface area contributed by atoms with Crippen molar-refractivity contribution in [3.63, 3.8) is 0 Å². The van der Waals surface area contributed by atoms with Gasteiger partial charge in [-0.05, 0) is 55.5 Å². The predicted octanol–water partition coefficient (Wildman–Crippen LogP) is 3.72. The highest BCUT2D eigenvalue weighted by atomic mass is 19.1. The monoisotopic (exact) mass is 343 g/mol. The van der Waals surface area contributed by atoms with Crippen LogP contribution in [0.5, 0.6) is 0 Å². The molecule has 5 nitrogen and oxygen atoms in total. The van der Waals surface area contributed by atoms with Gasteiger partial charge in [-0.2, -0.15) is 0 Å². The van der Waals surface area contributed by atoms with Gasteiger partial charge in [-0.15, -0.1) is 0 Å². The molecule has 0 bridgehead atoms. The molecule has 25 heavy (non-hydrogen) atoms. The Morgan fingerprint density at radius 1 is 0.960 bits per heavy atom. The molecule has 0 saturated carbocycles. The smallest absolute Gasteiger partial charge is 0.411 e. The van der Waals surface area contributed by atoms with E-state index in [0.717, 1.165) is 37.6 Å². The van der Waals surface area contributed by atoms with Crippen molar-refractivity contribution < 1.29 is 13.9 Å². The van der Waals surface area contributed by atoms with Crippen molar-refractivity contribution in [2.45, 2.75) is 6.92 Å². The van der Waals surface area contributed by atoms with Crippen LogP contribution in [0.4, 0.5) is 26.2 Å². The summed E-state index contributed by atoms with van der Waals surface area (Å²) in [5.41, 5.74) is 2.88. The average molecular weight is 343 g/mol. The molecular formula is C19H22FN3O2. The fourth-order valence-corrected chi connectivity index (χ4v) is 2.92. The number of piperazine rings is 1. The Hall–Kier alpha value is -2.76. The summed E-state index contributed by atoms with van der Waals surface area (Å²) in [7, 11) is 0. The Balaban J connectivity index is 1.55. The number of anilines is 3. The Morgan fingerprint density at radius 3 is 1.92 bits per heavy atom. The zero-order valence-electron chi connectivity index (χ0n) is 14.2. The number of ether oxygens (including phenoxy) is 1. The average Bonchev–Trinajstić information content (AvgIpc) is 2.63. The minimum absolute atomic E-state index is 0.209. The van der Waals surface area contributed by atoms with Crippen molar-refractivity contribution in [2.75, 3.05) is 47.9 Å². The molecule has 1 heterocycles. The number of carbonyl (C=O) groups is 1. The maximum Gasteiger partial charge on any atom is 0.411 e. The highest BCUT2D eigenvalue weighted by Gasteiger charge is 2.17. The van der Waals surface area contributed by atoms with Crippen LogP contribution < -0.4 is 15.1 Å². The molecule has 1 N–H and O–H groups in total. The van der Waals surface area contributed by atoms with Gasteiger partial charge >= 0.3 is 6.09 Å². The second-order valence-electron chi connectivity index (χ2n) is 5.84. The quantitative estimate of drug-likeness (QED) is 0.919. The summed E-state index contributed by atoms with van der Waals surface area (Å²) in [4.78, 5) is 16.0. The fourth-order valence-electron chi connectivity index (χ4n) is 2.92. The van der Waals surface area contributed by atoms with Gasteiger partial charge in [-0.1, -0.05) is 0 Å². The molecule has 2 aromatic carbocycles. The molecule has 0 aromatic heterocycles. The zero-order valence-corrected chi connectivity index (χ0v) is 14.2. The third-order valence-corrected chi connectivity index (χ3v) is 4.23. The summed E-state index contributed by atoms with van der Waals surface area (Å²) in [6, 6.07) is 14.4. The lowest BCUT2D eigenvalue weighted by atomic mass is 10.2. The summed E-state index contributed by atoms with van der Waals surface area (Å²) < 4.78 is 17.9. The van der Waals surface area contributed by atoms with Gasteiger partial charge in [0.1, 0.15) is 5.82 Å². The van der Waals surface area contributed by atoms with E-state index in [1.54, 1.807) is 6.92 Å². The molecule has 6 heteroatoms. The first kappa shape index (κ1) is 17.1. The molecule has 1 amide bonds. The van der Waals surface area contributed by atoms with Gasteiger partial charge in [0.05, 0.1) is 6.61 Å². The third kappa shape index (κ3) is 4.41. The molecule has 0 spiro atoms. The number of carbonyl (C=O) groups excluding carboxylic acids is 1. The van der Waals surface area contributed by atoms with Crippen molar-refractivity contribution in [1.29, 1.82) is 0 Å². The standard InChI is InChI=1S/C19H22FN3O2/c1-2-25-19(24)21-16-5-9-18(10-6-16)23-13-11-22(12-14-23)17-7-3-15(20)4-8-17/h3-10H,2,11-14H2,1H3,(H,21,24). The second-order valence-corrected chi connectivity index (χ2v) is 5.84. The summed E-state index contributed by atoms with van der Waals surface area (Å²) in [5, 5.41) is 2.69. The number of rotatable bonds is 4. The minimum Gasteiger partial charge on any atom is -0.450 e. The molecule has 0 aliphatic carbocycles. The number of nitrogens with one attached hydrogen (secondary N) is 1. The van der Waals surface area contributed by atoms with Crippen LogP contribution in [-0.2, 0) is 4.74 Å². The largest absolute Gasteiger partial charge is 0.450 e. The molecule has 3 rings (SSSR count). The van der Waals surface area contributed by atoms with Crippen LogP contribution in [0.15, 0.2) is 48.5 Å². The van der Waals surface area contributed by atoms with Crippen LogP contribution >= 0.6 is 0 Å². The van der Waals surface area contributed by atoms with Crippen molar-refractivity contribution in [1.82, 2.24) is 0 Å².